The van der Waals surface area contributed by atoms with Gasteiger partial charge in [-0.25, -0.2) is 0 Å². The number of nitrogens with one attached hydrogen (secondary N) is 1. The highest BCUT2D eigenvalue weighted by atomic mass is 79.9. The summed E-state index contributed by atoms with van der Waals surface area (Å²) in [4.78, 5) is 29.3. The predicted molar refractivity (Wildman–Crippen MR) is 129 cm³/mol. The number of hydrogen-bond acceptors (Lipinski definition) is 5. The molecule has 0 bridgehead atoms. The first-order valence-electron chi connectivity index (χ1n) is 11.5. The summed E-state index contributed by atoms with van der Waals surface area (Å²) in [5.74, 6) is -1.10. The fourth-order valence-electron chi connectivity index (χ4n) is 4.71. The van der Waals surface area contributed by atoms with Crippen LogP contribution >= 0.6 is 15.9 Å². The Kier molecular flexibility index (Phi) is 7.70. The van der Waals surface area contributed by atoms with Crippen LogP contribution in [0.25, 0.3) is 5.76 Å². The molecular formula is C26H29BrN2O5. The van der Waals surface area contributed by atoms with Crippen molar-refractivity contribution in [1.82, 2.24) is 4.90 Å². The van der Waals surface area contributed by atoms with Crippen molar-refractivity contribution >= 4 is 33.4 Å². The summed E-state index contributed by atoms with van der Waals surface area (Å²) < 4.78 is 11.5. The molecule has 34 heavy (non-hydrogen) atoms. The molecule has 2 aliphatic heterocycles. The Bertz CT molecular complexity index is 1110. The molecule has 0 saturated carbocycles. The molecule has 0 radical (unpaired) electrons. The molecule has 2 saturated heterocycles. The monoisotopic (exact) mass is 528 g/mol. The molecule has 2 fully saturated rings. The van der Waals surface area contributed by atoms with Crippen LogP contribution in [0.5, 0.6) is 5.75 Å². The Hall–Kier alpha value is -2.68. The summed E-state index contributed by atoms with van der Waals surface area (Å²) in [7, 11) is 1.57. The number of Topliss-reactive ketones (excluding diaryl/α,β-unsaturated/α-hetero) is 1. The number of hydrogen-bond donors (Lipinski definition) is 1. The largest absolute Gasteiger partial charge is 0.872 e. The van der Waals surface area contributed by atoms with Gasteiger partial charge in [-0.15, -0.1) is 0 Å². The van der Waals surface area contributed by atoms with Crippen molar-refractivity contribution < 1.29 is 29.1 Å². The van der Waals surface area contributed by atoms with E-state index in [2.05, 4.69) is 15.9 Å². The number of halogens is 1. The van der Waals surface area contributed by atoms with Gasteiger partial charge in [0.2, 0.25) is 5.78 Å². The van der Waals surface area contributed by atoms with Crippen LogP contribution in [0.2, 0.25) is 0 Å². The summed E-state index contributed by atoms with van der Waals surface area (Å²) in [5.41, 5.74) is 1.90. The van der Waals surface area contributed by atoms with E-state index in [9.17, 15) is 14.7 Å². The van der Waals surface area contributed by atoms with Crippen molar-refractivity contribution in [3.63, 3.8) is 0 Å². The maximum atomic E-state index is 13.6. The van der Waals surface area contributed by atoms with E-state index in [0.29, 0.717) is 17.9 Å². The first-order valence-corrected chi connectivity index (χ1v) is 12.3. The molecule has 2 heterocycles. The molecule has 1 N–H and O–H groups in total. The van der Waals surface area contributed by atoms with Gasteiger partial charge in [-0.05, 0) is 47.9 Å². The van der Waals surface area contributed by atoms with Gasteiger partial charge < -0.3 is 24.4 Å². The van der Waals surface area contributed by atoms with Crippen molar-refractivity contribution in [3.05, 3.63) is 69.2 Å². The number of quaternary nitrogens is 1. The molecule has 0 aromatic heterocycles. The number of carbonyl (C=O) groups is 2. The van der Waals surface area contributed by atoms with Gasteiger partial charge in [-0.3, -0.25) is 9.59 Å². The van der Waals surface area contributed by atoms with E-state index in [0.717, 1.165) is 54.9 Å². The fraction of sp³-hybridized carbons (Fsp3) is 0.385. The average Bonchev–Trinajstić information content (AvgIpc) is 3.09. The summed E-state index contributed by atoms with van der Waals surface area (Å²) in [6, 6.07) is 11.8. The second-order valence-electron chi connectivity index (χ2n) is 8.68. The van der Waals surface area contributed by atoms with Crippen molar-refractivity contribution in [2.75, 3.05) is 46.5 Å². The predicted octanol–water partition coefficient (Wildman–Crippen LogP) is 1.30. The number of nitrogens with zero attached hydrogens (tertiary/aromatic N) is 1. The number of ether oxygens (including phenoxy) is 2. The number of morpholine rings is 1. The third-order valence-corrected chi connectivity index (χ3v) is 6.97. The lowest BCUT2D eigenvalue weighted by molar-refractivity contribution is -0.908. The first kappa shape index (κ1) is 24.4. The number of aryl methyl sites for hydroxylation is 1. The molecule has 2 aromatic rings. The normalized spacial score (nSPS) is 20.7. The van der Waals surface area contributed by atoms with Crippen LogP contribution in [0.3, 0.4) is 0 Å². The molecule has 180 valence electrons. The van der Waals surface area contributed by atoms with Crippen LogP contribution in [-0.4, -0.2) is 63.1 Å². The number of rotatable bonds is 7. The maximum Gasteiger partial charge on any atom is 0.295 e. The quantitative estimate of drug-likeness (QED) is 0.332. The van der Waals surface area contributed by atoms with Crippen LogP contribution in [0.4, 0.5) is 0 Å². The number of benzene rings is 2. The zero-order chi connectivity index (χ0) is 24.2. The van der Waals surface area contributed by atoms with Crippen molar-refractivity contribution in [3.8, 4) is 5.75 Å². The van der Waals surface area contributed by atoms with E-state index in [1.165, 1.54) is 4.90 Å². The molecule has 1 amide bonds. The number of amides is 1. The molecule has 0 spiro atoms. The second kappa shape index (κ2) is 10.7. The highest BCUT2D eigenvalue weighted by molar-refractivity contribution is 9.10. The lowest BCUT2D eigenvalue weighted by Gasteiger charge is -2.29. The van der Waals surface area contributed by atoms with Crippen molar-refractivity contribution in [2.24, 2.45) is 0 Å². The Morgan fingerprint density at radius 2 is 1.97 bits per heavy atom. The summed E-state index contributed by atoms with van der Waals surface area (Å²) in [6.07, 6.45) is 0.738. The standard InChI is InChI=1S/C26H29BrN2O5/c1-17-15-19(7-8-21(17)33-2)24(30)22-23(18-5-3-6-20(27)16-18)29(26(32)25(22)31)10-4-9-28-11-13-34-14-12-28/h3,5-8,15-16,23,30H,4,9-14H2,1-2H3. The highest BCUT2D eigenvalue weighted by Crippen LogP contribution is 2.39. The SMILES string of the molecule is COc1ccc(C([O-])=C2C(=O)C(=O)N(CCC[NH+]3CCOCC3)C2c2cccc(Br)c2)cc1C. The van der Waals surface area contributed by atoms with E-state index in [1.807, 2.05) is 31.2 Å². The van der Waals surface area contributed by atoms with Gasteiger partial charge in [0.1, 0.15) is 18.8 Å². The lowest BCUT2D eigenvalue weighted by atomic mass is 9.94. The highest BCUT2D eigenvalue weighted by Gasteiger charge is 2.44. The molecule has 1 atom stereocenters. The molecule has 4 rings (SSSR count). The number of likely N-dealkylation sites (tertiary alicyclic amines) is 1. The number of methoxy groups -OCH3 is 1. The van der Waals surface area contributed by atoms with Crippen molar-refractivity contribution in [2.45, 2.75) is 19.4 Å². The van der Waals surface area contributed by atoms with Gasteiger partial charge in [-0.1, -0.05) is 39.9 Å². The molecule has 8 heteroatoms. The minimum Gasteiger partial charge on any atom is -0.872 e. The number of ketones is 1. The summed E-state index contributed by atoms with van der Waals surface area (Å²) in [6.45, 7) is 6.49. The summed E-state index contributed by atoms with van der Waals surface area (Å²) >= 11 is 3.48. The topological polar surface area (TPSA) is 83.3 Å². The zero-order valence-corrected chi connectivity index (χ0v) is 21.0. The van der Waals surface area contributed by atoms with E-state index < -0.39 is 23.5 Å². The second-order valence-corrected chi connectivity index (χ2v) is 9.59. The van der Waals surface area contributed by atoms with E-state index >= 15 is 0 Å². The molecule has 7 nitrogen and oxygen atoms in total. The lowest BCUT2D eigenvalue weighted by Crippen LogP contribution is -3.14. The van der Waals surface area contributed by atoms with Gasteiger partial charge >= 0.3 is 0 Å². The van der Waals surface area contributed by atoms with E-state index in [1.54, 1.807) is 30.2 Å². The van der Waals surface area contributed by atoms with Gasteiger partial charge in [0.25, 0.3) is 5.91 Å². The minimum atomic E-state index is -0.720. The van der Waals surface area contributed by atoms with Crippen molar-refractivity contribution in [1.29, 1.82) is 0 Å². The fourth-order valence-corrected chi connectivity index (χ4v) is 5.13. The van der Waals surface area contributed by atoms with Crippen LogP contribution in [0.1, 0.15) is 29.2 Å². The molecular weight excluding hydrogens is 500 g/mol. The van der Waals surface area contributed by atoms with Crippen LogP contribution in [0.15, 0.2) is 52.5 Å². The van der Waals surface area contributed by atoms with Crippen LogP contribution in [0, 0.1) is 6.92 Å². The maximum absolute atomic E-state index is 13.6. The Labute approximate surface area is 208 Å². The Balaban J connectivity index is 1.69. The molecule has 2 aliphatic rings. The Morgan fingerprint density at radius 3 is 2.65 bits per heavy atom. The molecule has 0 aliphatic carbocycles. The van der Waals surface area contributed by atoms with Gasteiger partial charge in [-0.2, -0.15) is 0 Å². The van der Waals surface area contributed by atoms with Crippen LogP contribution in [-0.2, 0) is 14.3 Å². The van der Waals surface area contributed by atoms with Crippen LogP contribution < -0.4 is 14.7 Å². The smallest absolute Gasteiger partial charge is 0.295 e. The number of carbonyl (C=O) groups excluding carboxylic acids is 2. The van der Waals surface area contributed by atoms with E-state index in [4.69, 9.17) is 9.47 Å². The average molecular weight is 529 g/mol. The minimum absolute atomic E-state index is 0.00591. The third-order valence-electron chi connectivity index (χ3n) is 6.48. The summed E-state index contributed by atoms with van der Waals surface area (Å²) in [5, 5.41) is 13.6. The molecule has 1 unspecified atom stereocenters. The Morgan fingerprint density at radius 1 is 1.21 bits per heavy atom. The third kappa shape index (κ3) is 5.04. The van der Waals surface area contributed by atoms with Gasteiger partial charge in [0.15, 0.2) is 0 Å². The molecule has 2 aromatic carbocycles. The first-order chi connectivity index (χ1) is 16.4. The van der Waals surface area contributed by atoms with E-state index in [-0.39, 0.29) is 5.57 Å². The van der Waals surface area contributed by atoms with Gasteiger partial charge in [0, 0.05) is 23.0 Å². The zero-order valence-electron chi connectivity index (χ0n) is 19.4. The van der Waals surface area contributed by atoms with Gasteiger partial charge in [0.05, 0.1) is 32.9 Å².